The van der Waals surface area contributed by atoms with Crippen LogP contribution < -0.4 is 5.56 Å². The molecule has 0 bridgehead atoms. The third kappa shape index (κ3) is 4.07. The highest BCUT2D eigenvalue weighted by Crippen LogP contribution is 2.33. The van der Waals surface area contributed by atoms with Gasteiger partial charge in [0.05, 0.1) is 11.1 Å². The van der Waals surface area contributed by atoms with Crippen LogP contribution in [0.1, 0.15) is 54.5 Å². The molecule has 0 radical (unpaired) electrons. The SMILES string of the molecule is C#C.Cc1cc([C@H](O)C#Cc2cn(C)c(=O)c3[nH]c(C)c(-c4nnc(C(C)C)o4)c23)no1. The molecule has 4 aromatic rings. The van der Waals surface area contributed by atoms with Crippen LogP contribution in [0.2, 0.25) is 0 Å². The van der Waals surface area contributed by atoms with Crippen molar-refractivity contribution >= 4 is 10.9 Å². The van der Waals surface area contributed by atoms with Gasteiger partial charge in [-0.05, 0) is 13.8 Å². The monoisotopic (exact) mass is 433 g/mol. The van der Waals surface area contributed by atoms with Crippen LogP contribution in [0.3, 0.4) is 0 Å². The van der Waals surface area contributed by atoms with Crippen molar-refractivity contribution < 1.29 is 14.0 Å². The van der Waals surface area contributed by atoms with Crippen molar-refractivity contribution in [3.05, 3.63) is 51.2 Å². The van der Waals surface area contributed by atoms with Crippen molar-refractivity contribution in [2.24, 2.45) is 7.05 Å². The normalized spacial score (nSPS) is 11.7. The summed E-state index contributed by atoms with van der Waals surface area (Å²) in [7, 11) is 1.64. The van der Waals surface area contributed by atoms with Crippen molar-refractivity contribution in [2.45, 2.75) is 39.7 Å². The average Bonchev–Trinajstić information content (AvgIpc) is 3.49. The van der Waals surface area contributed by atoms with Gasteiger partial charge < -0.3 is 23.6 Å². The predicted octanol–water partition coefficient (Wildman–Crippen LogP) is 2.98. The molecule has 164 valence electrons. The average molecular weight is 433 g/mol. The molecule has 0 aliphatic carbocycles. The minimum absolute atomic E-state index is 0.0740. The molecule has 9 heteroatoms. The first-order valence-corrected chi connectivity index (χ1v) is 9.78. The second-order valence-electron chi connectivity index (χ2n) is 7.47. The topological polar surface area (TPSA) is 123 Å². The number of H-pyrrole nitrogens is 1. The number of fused-ring (bicyclic) bond motifs is 1. The molecule has 32 heavy (non-hydrogen) atoms. The zero-order valence-corrected chi connectivity index (χ0v) is 18.4. The predicted molar refractivity (Wildman–Crippen MR) is 119 cm³/mol. The van der Waals surface area contributed by atoms with Crippen LogP contribution in [0, 0.1) is 38.5 Å². The Morgan fingerprint density at radius 1 is 1.25 bits per heavy atom. The molecule has 4 heterocycles. The number of aryl methyl sites for hydroxylation is 3. The van der Waals surface area contributed by atoms with Crippen molar-refractivity contribution in [3.63, 3.8) is 0 Å². The van der Waals surface area contributed by atoms with Crippen molar-refractivity contribution in [2.75, 3.05) is 0 Å². The number of terminal acetylenes is 1. The van der Waals surface area contributed by atoms with Crippen molar-refractivity contribution in [1.82, 2.24) is 24.9 Å². The number of aromatic nitrogens is 5. The van der Waals surface area contributed by atoms with E-state index in [0.717, 1.165) is 0 Å². The molecule has 0 spiro atoms. The number of aliphatic hydroxyl groups is 1. The Morgan fingerprint density at radius 2 is 1.97 bits per heavy atom. The summed E-state index contributed by atoms with van der Waals surface area (Å²) in [5.74, 6) is 7.20. The molecule has 0 amide bonds. The smallest absolute Gasteiger partial charge is 0.274 e. The Balaban J connectivity index is 0.00000141. The van der Waals surface area contributed by atoms with Crippen molar-refractivity contribution in [1.29, 1.82) is 0 Å². The quantitative estimate of drug-likeness (QED) is 0.476. The van der Waals surface area contributed by atoms with Gasteiger partial charge in [-0.15, -0.1) is 23.0 Å². The van der Waals surface area contributed by atoms with Crippen LogP contribution in [-0.4, -0.2) is 30.0 Å². The maximum absolute atomic E-state index is 12.7. The summed E-state index contributed by atoms with van der Waals surface area (Å²) >= 11 is 0. The third-order valence-electron chi connectivity index (χ3n) is 4.73. The lowest BCUT2D eigenvalue weighted by molar-refractivity contribution is 0.225. The molecule has 0 fully saturated rings. The van der Waals surface area contributed by atoms with E-state index in [-0.39, 0.29) is 11.5 Å². The largest absolute Gasteiger partial charge is 0.420 e. The summed E-state index contributed by atoms with van der Waals surface area (Å²) in [4.78, 5) is 15.8. The molecule has 0 saturated carbocycles. The molecule has 0 saturated heterocycles. The first-order valence-electron chi connectivity index (χ1n) is 9.78. The van der Waals surface area contributed by atoms with Gasteiger partial charge in [-0.2, -0.15) is 0 Å². The summed E-state index contributed by atoms with van der Waals surface area (Å²) in [6, 6.07) is 1.62. The summed E-state index contributed by atoms with van der Waals surface area (Å²) in [5.41, 5.74) is 2.37. The third-order valence-corrected chi connectivity index (χ3v) is 4.73. The Kier molecular flexibility index (Phi) is 6.33. The van der Waals surface area contributed by atoms with Gasteiger partial charge in [0.25, 0.3) is 5.56 Å². The number of pyridine rings is 1. The Bertz CT molecular complexity index is 1410. The van der Waals surface area contributed by atoms with Crippen LogP contribution in [0.4, 0.5) is 0 Å². The number of hydrogen-bond donors (Lipinski definition) is 2. The van der Waals surface area contributed by atoms with Gasteiger partial charge in [-0.25, -0.2) is 0 Å². The fourth-order valence-corrected chi connectivity index (χ4v) is 3.21. The first kappa shape index (κ1) is 22.6. The summed E-state index contributed by atoms with van der Waals surface area (Å²) in [6.45, 7) is 7.48. The molecule has 1 atom stereocenters. The van der Waals surface area contributed by atoms with E-state index in [0.29, 0.717) is 51.0 Å². The lowest BCUT2D eigenvalue weighted by atomic mass is 10.1. The van der Waals surface area contributed by atoms with Crippen LogP contribution in [-0.2, 0) is 7.05 Å². The molecule has 0 aliphatic rings. The van der Waals surface area contributed by atoms with E-state index in [4.69, 9.17) is 8.94 Å². The fourth-order valence-electron chi connectivity index (χ4n) is 3.21. The minimum Gasteiger partial charge on any atom is -0.420 e. The molecule has 9 nitrogen and oxygen atoms in total. The number of aliphatic hydroxyl groups excluding tert-OH is 1. The minimum atomic E-state index is -1.13. The maximum atomic E-state index is 12.7. The van der Waals surface area contributed by atoms with Gasteiger partial charge >= 0.3 is 0 Å². The van der Waals surface area contributed by atoms with E-state index in [1.807, 2.05) is 20.8 Å². The molecule has 4 rings (SSSR count). The van der Waals surface area contributed by atoms with E-state index < -0.39 is 6.10 Å². The van der Waals surface area contributed by atoms with Gasteiger partial charge in [-0.3, -0.25) is 4.79 Å². The molecular formula is C23H23N5O4. The van der Waals surface area contributed by atoms with Gasteiger partial charge in [0.1, 0.15) is 17.0 Å². The number of nitrogens with one attached hydrogen (secondary N) is 1. The standard InChI is InChI=1S/C21H21N5O4.C2H2/c1-10(2)19-23-24-20(29-19)16-12(4)22-18-17(16)13(9-26(5)21(18)28)6-7-15(27)14-8-11(3)30-25-14;1-2/h8-10,15,22,27H,1-5H3;1-2H/t15-;/m1./s1. The number of hydrogen-bond acceptors (Lipinski definition) is 7. The maximum Gasteiger partial charge on any atom is 0.274 e. The second kappa shape index (κ2) is 8.96. The molecule has 0 aliphatic heterocycles. The van der Waals surface area contributed by atoms with Gasteiger partial charge in [0, 0.05) is 36.3 Å². The van der Waals surface area contributed by atoms with Gasteiger partial charge in [-0.1, -0.05) is 30.8 Å². The van der Waals surface area contributed by atoms with E-state index in [2.05, 4.69) is 45.0 Å². The highest BCUT2D eigenvalue weighted by molar-refractivity contribution is 5.99. The number of nitrogens with zero attached hydrogens (tertiary/aromatic N) is 4. The fraction of sp³-hybridized carbons (Fsp3) is 0.304. The number of aromatic amines is 1. The molecule has 4 aromatic heterocycles. The Hall–Kier alpha value is -4.08. The van der Waals surface area contributed by atoms with Crippen LogP contribution in [0.5, 0.6) is 0 Å². The highest BCUT2D eigenvalue weighted by Gasteiger charge is 2.22. The van der Waals surface area contributed by atoms with Crippen LogP contribution in [0.25, 0.3) is 22.4 Å². The Labute approximate surface area is 184 Å². The Morgan fingerprint density at radius 3 is 2.56 bits per heavy atom. The molecular weight excluding hydrogens is 410 g/mol. The molecule has 0 aromatic carbocycles. The van der Waals surface area contributed by atoms with E-state index in [9.17, 15) is 9.90 Å². The van der Waals surface area contributed by atoms with E-state index in [1.54, 1.807) is 26.2 Å². The van der Waals surface area contributed by atoms with Gasteiger partial charge in [0.2, 0.25) is 11.8 Å². The van der Waals surface area contributed by atoms with E-state index in [1.165, 1.54) is 4.57 Å². The lowest BCUT2D eigenvalue weighted by Crippen LogP contribution is -2.17. The zero-order chi connectivity index (χ0) is 23.6. The van der Waals surface area contributed by atoms with E-state index >= 15 is 0 Å². The summed E-state index contributed by atoms with van der Waals surface area (Å²) < 4.78 is 12.3. The van der Waals surface area contributed by atoms with Crippen molar-refractivity contribution in [3.8, 4) is 36.1 Å². The number of rotatable bonds is 3. The summed E-state index contributed by atoms with van der Waals surface area (Å²) in [6.07, 6.45) is 8.49. The first-order chi connectivity index (χ1) is 15.3. The molecule has 0 unspecified atom stereocenters. The second-order valence-corrected chi connectivity index (χ2v) is 7.47. The summed E-state index contributed by atoms with van der Waals surface area (Å²) in [5, 5.41) is 23.0. The zero-order valence-electron chi connectivity index (χ0n) is 18.4. The van der Waals surface area contributed by atoms with Crippen LogP contribution in [0.15, 0.2) is 26.0 Å². The lowest BCUT2D eigenvalue weighted by Gasteiger charge is -2.03. The van der Waals surface area contributed by atoms with Gasteiger partial charge in [0.15, 0.2) is 6.10 Å². The molecule has 2 N–H and O–H groups in total. The highest BCUT2D eigenvalue weighted by atomic mass is 16.5. The van der Waals surface area contributed by atoms with Crippen LogP contribution >= 0.6 is 0 Å².